The van der Waals surface area contributed by atoms with Crippen LogP contribution < -0.4 is 9.80 Å². The van der Waals surface area contributed by atoms with E-state index in [0.717, 1.165) is 33.6 Å². The Balaban J connectivity index is 0.000000186. The van der Waals surface area contributed by atoms with Crippen molar-refractivity contribution in [2.45, 2.75) is 36.5 Å². The molecule has 20 heteroatoms. The number of anilines is 2. The lowest BCUT2D eigenvalue weighted by Gasteiger charge is -2.33. The predicted molar refractivity (Wildman–Crippen MR) is 257 cm³/mol. The third kappa shape index (κ3) is 11.6. The fourth-order valence-corrected chi connectivity index (χ4v) is 13.1. The Morgan fingerprint density at radius 2 is 0.887 bits per heavy atom. The fourth-order valence-electron chi connectivity index (χ4n) is 7.16. The Bertz CT molecular complexity index is 2560. The van der Waals surface area contributed by atoms with Crippen molar-refractivity contribution in [2.24, 2.45) is 0 Å². The van der Waals surface area contributed by atoms with Gasteiger partial charge < -0.3 is 9.80 Å². The zero-order chi connectivity index (χ0) is 44.3. The second kappa shape index (κ2) is 20.2. The topological polar surface area (TPSA) is 107 Å². The van der Waals surface area contributed by atoms with E-state index >= 15 is 0 Å². The standard InChI is InChI=1S/C22H23Cl2N3O2S2.C20H17Cl4N3O2S2/c1-15-9-16(2)11-17(10-15)12-18-14-30-22(25-18)26-5-7-27(8-6-26)31(28,29)19-3-4-20(23)21(24)13-19;21-14-7-13(8-15(22)10-14)9-16-12-30-20(25-16)26-3-5-27(6-4-26)31(28,29)17-1-2-18(23)19(24)11-17/h3-4,9-11,13-14H,5-8,12H2,1-2H3;1-2,7-8,10-12H,3-6,9H2. The summed E-state index contributed by atoms with van der Waals surface area (Å²) in [5, 5.41) is 8.21. The summed E-state index contributed by atoms with van der Waals surface area (Å²) in [6.07, 6.45) is 1.42. The molecule has 62 heavy (non-hydrogen) atoms. The van der Waals surface area contributed by atoms with Gasteiger partial charge in [0.05, 0.1) is 41.3 Å². The number of hydrogen-bond donors (Lipinski definition) is 0. The van der Waals surface area contributed by atoms with Gasteiger partial charge in [0.25, 0.3) is 0 Å². The van der Waals surface area contributed by atoms with Crippen LogP contribution in [-0.4, -0.2) is 87.8 Å². The molecule has 0 saturated carbocycles. The van der Waals surface area contributed by atoms with Crippen LogP contribution in [0.2, 0.25) is 30.1 Å². The zero-order valence-electron chi connectivity index (χ0n) is 33.4. The van der Waals surface area contributed by atoms with Gasteiger partial charge in [-0.25, -0.2) is 26.8 Å². The van der Waals surface area contributed by atoms with Crippen molar-refractivity contribution >= 4 is 123 Å². The molecule has 2 aliphatic rings. The number of piperazine rings is 2. The van der Waals surface area contributed by atoms with Gasteiger partial charge in [-0.2, -0.15) is 8.61 Å². The van der Waals surface area contributed by atoms with Gasteiger partial charge in [-0.05, 0) is 79.6 Å². The Hall–Kier alpha value is -2.70. The monoisotopic (exact) mass is 1030 g/mol. The molecule has 328 valence electrons. The van der Waals surface area contributed by atoms with Crippen LogP contribution in [0.1, 0.15) is 33.6 Å². The molecule has 0 amide bonds. The van der Waals surface area contributed by atoms with E-state index in [1.54, 1.807) is 28.7 Å². The van der Waals surface area contributed by atoms with Crippen molar-refractivity contribution in [1.82, 2.24) is 18.6 Å². The first kappa shape index (κ1) is 47.3. The second-order valence-electron chi connectivity index (χ2n) is 14.8. The number of aromatic nitrogens is 2. The summed E-state index contributed by atoms with van der Waals surface area (Å²) >= 11 is 39.1. The summed E-state index contributed by atoms with van der Waals surface area (Å²) < 4.78 is 54.7. The van der Waals surface area contributed by atoms with E-state index in [2.05, 4.69) is 47.2 Å². The smallest absolute Gasteiger partial charge is 0.243 e. The highest BCUT2D eigenvalue weighted by atomic mass is 35.5. The van der Waals surface area contributed by atoms with E-state index in [-0.39, 0.29) is 19.8 Å². The molecule has 2 saturated heterocycles. The number of benzene rings is 4. The summed E-state index contributed by atoms with van der Waals surface area (Å²) in [5.41, 5.74) is 6.72. The van der Waals surface area contributed by atoms with Crippen LogP contribution in [0.5, 0.6) is 0 Å². The van der Waals surface area contributed by atoms with Crippen molar-refractivity contribution in [3.63, 3.8) is 0 Å². The molecule has 0 atom stereocenters. The number of sulfonamides is 2. The summed E-state index contributed by atoms with van der Waals surface area (Å²) in [7, 11) is -7.23. The maximum Gasteiger partial charge on any atom is 0.243 e. The van der Waals surface area contributed by atoms with Crippen molar-refractivity contribution < 1.29 is 16.8 Å². The van der Waals surface area contributed by atoms with E-state index in [9.17, 15) is 16.8 Å². The average molecular weight is 1030 g/mol. The lowest BCUT2D eigenvalue weighted by molar-refractivity contribution is 0.384. The SMILES string of the molecule is Cc1cc(C)cc(Cc2csc(N3CCN(S(=O)(=O)c4ccc(Cl)c(Cl)c4)CC3)n2)c1.O=S(=O)(c1ccc(Cl)c(Cl)c1)N1CCN(c2nc(Cc3cc(Cl)cc(Cl)c3)cs2)CC1. The molecule has 0 aliphatic carbocycles. The third-order valence-corrected chi connectivity index (χ3v) is 17.7. The molecule has 4 aromatic carbocycles. The zero-order valence-corrected chi connectivity index (χ0v) is 41.2. The third-order valence-electron chi connectivity index (χ3n) is 10.1. The molecule has 0 unspecified atom stereocenters. The van der Waals surface area contributed by atoms with E-state index in [1.165, 1.54) is 61.7 Å². The van der Waals surface area contributed by atoms with Crippen LogP contribution in [-0.2, 0) is 32.9 Å². The Kier molecular flexibility index (Phi) is 15.4. The number of rotatable bonds is 10. The lowest BCUT2D eigenvalue weighted by atomic mass is 10.0. The van der Waals surface area contributed by atoms with Crippen molar-refractivity contribution in [1.29, 1.82) is 0 Å². The van der Waals surface area contributed by atoms with Crippen LogP contribution in [0.15, 0.2) is 93.3 Å². The van der Waals surface area contributed by atoms with Gasteiger partial charge in [0, 0.05) is 86.0 Å². The van der Waals surface area contributed by atoms with Crippen molar-refractivity contribution in [3.8, 4) is 0 Å². The highest BCUT2D eigenvalue weighted by Gasteiger charge is 2.31. The van der Waals surface area contributed by atoms with E-state index in [1.807, 2.05) is 17.5 Å². The number of halogens is 6. The van der Waals surface area contributed by atoms with Gasteiger partial charge in [0.2, 0.25) is 20.0 Å². The summed E-state index contributed by atoms with van der Waals surface area (Å²) in [6.45, 7) is 8.02. The molecule has 0 spiro atoms. The molecular formula is C42H40Cl6N6O4S4. The second-order valence-corrected chi connectivity index (χ2v) is 22.9. The minimum atomic E-state index is -3.63. The fraction of sp³-hybridized carbons (Fsp3) is 0.286. The van der Waals surface area contributed by atoms with Gasteiger partial charge >= 0.3 is 0 Å². The van der Waals surface area contributed by atoms with Crippen molar-refractivity contribution in [3.05, 3.63) is 147 Å². The summed E-state index contributed by atoms with van der Waals surface area (Å²) in [6, 6.07) is 20.8. The quantitative estimate of drug-likeness (QED) is 0.134. The van der Waals surface area contributed by atoms with Crippen LogP contribution in [0.4, 0.5) is 10.3 Å². The van der Waals surface area contributed by atoms with E-state index in [4.69, 9.17) is 79.6 Å². The molecule has 2 aromatic heterocycles. The van der Waals surface area contributed by atoms with Crippen molar-refractivity contribution in [2.75, 3.05) is 62.2 Å². The maximum absolute atomic E-state index is 12.9. The number of thiazole rings is 2. The Labute approximate surface area is 400 Å². The van der Waals surface area contributed by atoms with Gasteiger partial charge in [0.15, 0.2) is 10.3 Å². The molecule has 6 aromatic rings. The predicted octanol–water partition coefficient (Wildman–Crippen LogP) is 11.0. The Morgan fingerprint density at radius 3 is 1.27 bits per heavy atom. The Morgan fingerprint density at radius 1 is 0.500 bits per heavy atom. The normalized spacial score (nSPS) is 15.4. The van der Waals surface area contributed by atoms with Gasteiger partial charge in [-0.3, -0.25) is 0 Å². The number of nitrogens with zero attached hydrogens (tertiary/aromatic N) is 6. The first-order valence-electron chi connectivity index (χ1n) is 19.3. The van der Waals surface area contributed by atoms with Gasteiger partial charge in [0.1, 0.15) is 0 Å². The highest BCUT2D eigenvalue weighted by Crippen LogP contribution is 2.31. The van der Waals surface area contributed by atoms with E-state index in [0.29, 0.717) is 78.9 Å². The largest absolute Gasteiger partial charge is 0.345 e. The lowest BCUT2D eigenvalue weighted by Crippen LogP contribution is -2.48. The number of hydrogen-bond acceptors (Lipinski definition) is 10. The summed E-state index contributed by atoms with van der Waals surface area (Å²) in [4.78, 5) is 14.1. The number of aryl methyl sites for hydroxylation is 2. The molecule has 2 fully saturated rings. The summed E-state index contributed by atoms with van der Waals surface area (Å²) in [5.74, 6) is 0. The van der Waals surface area contributed by atoms with Crippen LogP contribution in [0, 0.1) is 13.8 Å². The minimum Gasteiger partial charge on any atom is -0.345 e. The molecule has 4 heterocycles. The van der Waals surface area contributed by atoms with Crippen LogP contribution in [0.25, 0.3) is 0 Å². The molecule has 10 nitrogen and oxygen atoms in total. The van der Waals surface area contributed by atoms with Gasteiger partial charge in [-0.15, -0.1) is 22.7 Å². The molecular weight excluding hydrogens is 993 g/mol. The molecule has 2 aliphatic heterocycles. The van der Waals surface area contributed by atoms with Gasteiger partial charge in [-0.1, -0.05) is 98.9 Å². The molecule has 0 bridgehead atoms. The van der Waals surface area contributed by atoms with E-state index < -0.39 is 20.0 Å². The first-order valence-corrected chi connectivity index (χ1v) is 26.2. The van der Waals surface area contributed by atoms with Crippen LogP contribution in [0.3, 0.4) is 0 Å². The molecule has 8 rings (SSSR count). The highest BCUT2D eigenvalue weighted by molar-refractivity contribution is 7.89. The molecule has 0 N–H and O–H groups in total. The van der Waals surface area contributed by atoms with Crippen LogP contribution >= 0.6 is 92.3 Å². The molecule has 0 radical (unpaired) electrons. The minimum absolute atomic E-state index is 0.145. The first-order chi connectivity index (χ1) is 29.4. The maximum atomic E-state index is 12.9. The average Bonchev–Trinajstić information content (AvgIpc) is 3.89.